The molecule has 0 aliphatic carbocycles. The van der Waals surface area contributed by atoms with Gasteiger partial charge in [0.2, 0.25) is 5.88 Å². The molecule has 15 heavy (non-hydrogen) atoms. The van der Waals surface area contributed by atoms with Crippen molar-refractivity contribution >= 4 is 0 Å². The van der Waals surface area contributed by atoms with E-state index in [2.05, 4.69) is 11.9 Å². The summed E-state index contributed by atoms with van der Waals surface area (Å²) >= 11 is 0. The van der Waals surface area contributed by atoms with Crippen LogP contribution in [0.5, 0.6) is 5.88 Å². The van der Waals surface area contributed by atoms with Crippen LogP contribution in [0.25, 0.3) is 0 Å². The molecular weight excluding hydrogens is 192 g/mol. The molecule has 0 amide bonds. The summed E-state index contributed by atoms with van der Waals surface area (Å²) in [6, 6.07) is 3.57. The standard InChI is InChI=1S/C11H18N2O2/c1-3-7-15-8-10(12)9-5-4-6-13-11(9)14-2/h4-6,10H,3,7-8,12H2,1-2H3. The lowest BCUT2D eigenvalue weighted by Gasteiger charge is -2.14. The molecule has 0 bridgehead atoms. The molecule has 1 heterocycles. The molecule has 1 atom stereocenters. The van der Waals surface area contributed by atoms with Gasteiger partial charge in [-0.15, -0.1) is 0 Å². The highest BCUT2D eigenvalue weighted by Crippen LogP contribution is 2.20. The third-order valence-electron chi connectivity index (χ3n) is 2.04. The van der Waals surface area contributed by atoms with Gasteiger partial charge >= 0.3 is 0 Å². The van der Waals surface area contributed by atoms with Gasteiger partial charge in [-0.05, 0) is 12.5 Å². The molecule has 1 rings (SSSR count). The maximum absolute atomic E-state index is 5.97. The van der Waals surface area contributed by atoms with Crippen molar-refractivity contribution in [2.45, 2.75) is 19.4 Å². The lowest BCUT2D eigenvalue weighted by molar-refractivity contribution is 0.121. The zero-order valence-electron chi connectivity index (χ0n) is 9.27. The van der Waals surface area contributed by atoms with Crippen LogP contribution in [0.3, 0.4) is 0 Å². The summed E-state index contributed by atoms with van der Waals surface area (Å²) in [5.74, 6) is 0.574. The van der Waals surface area contributed by atoms with Gasteiger partial charge in [-0.25, -0.2) is 4.98 Å². The molecule has 0 aliphatic rings. The number of hydrogen-bond donors (Lipinski definition) is 1. The fourth-order valence-corrected chi connectivity index (χ4v) is 1.30. The summed E-state index contributed by atoms with van der Waals surface area (Å²) in [4.78, 5) is 4.09. The van der Waals surface area contributed by atoms with Crippen LogP contribution in [-0.2, 0) is 4.74 Å². The van der Waals surface area contributed by atoms with Crippen LogP contribution < -0.4 is 10.5 Å². The smallest absolute Gasteiger partial charge is 0.217 e. The highest BCUT2D eigenvalue weighted by molar-refractivity contribution is 5.28. The number of nitrogens with zero attached hydrogens (tertiary/aromatic N) is 1. The van der Waals surface area contributed by atoms with Crippen LogP contribution in [0.15, 0.2) is 18.3 Å². The van der Waals surface area contributed by atoms with Gasteiger partial charge < -0.3 is 15.2 Å². The van der Waals surface area contributed by atoms with Gasteiger partial charge in [0.05, 0.1) is 19.8 Å². The molecular formula is C11H18N2O2. The molecule has 0 radical (unpaired) electrons. The maximum Gasteiger partial charge on any atom is 0.217 e. The first kappa shape index (κ1) is 11.9. The van der Waals surface area contributed by atoms with E-state index in [-0.39, 0.29) is 6.04 Å². The molecule has 4 nitrogen and oxygen atoms in total. The number of aromatic nitrogens is 1. The number of hydrogen-bond acceptors (Lipinski definition) is 4. The minimum atomic E-state index is -0.180. The predicted molar refractivity (Wildman–Crippen MR) is 58.8 cm³/mol. The van der Waals surface area contributed by atoms with Crippen molar-refractivity contribution < 1.29 is 9.47 Å². The third kappa shape index (κ3) is 3.49. The molecule has 0 saturated carbocycles. The van der Waals surface area contributed by atoms with Gasteiger partial charge in [0.1, 0.15) is 0 Å². The van der Waals surface area contributed by atoms with E-state index in [1.165, 1.54) is 0 Å². The Labute approximate surface area is 90.4 Å². The first-order valence-corrected chi connectivity index (χ1v) is 5.11. The van der Waals surface area contributed by atoms with Crippen LogP contribution in [0.1, 0.15) is 24.9 Å². The fraction of sp³-hybridized carbons (Fsp3) is 0.545. The number of methoxy groups -OCH3 is 1. The topological polar surface area (TPSA) is 57.4 Å². The zero-order valence-corrected chi connectivity index (χ0v) is 9.27. The Hall–Kier alpha value is -1.13. The Bertz CT molecular complexity index is 292. The molecule has 1 aromatic rings. The third-order valence-corrected chi connectivity index (χ3v) is 2.04. The summed E-state index contributed by atoms with van der Waals surface area (Å²) in [5.41, 5.74) is 6.85. The number of nitrogens with two attached hydrogens (primary N) is 1. The maximum atomic E-state index is 5.97. The number of pyridine rings is 1. The summed E-state index contributed by atoms with van der Waals surface area (Å²) < 4.78 is 10.5. The molecule has 0 aliphatic heterocycles. The summed E-state index contributed by atoms with van der Waals surface area (Å²) in [6.45, 7) is 3.29. The molecule has 84 valence electrons. The Morgan fingerprint density at radius 2 is 2.33 bits per heavy atom. The van der Waals surface area contributed by atoms with Crippen LogP contribution in [0, 0.1) is 0 Å². The van der Waals surface area contributed by atoms with E-state index in [4.69, 9.17) is 15.2 Å². The highest BCUT2D eigenvalue weighted by atomic mass is 16.5. The van der Waals surface area contributed by atoms with Gasteiger partial charge in [-0.2, -0.15) is 0 Å². The lowest BCUT2D eigenvalue weighted by atomic mass is 10.1. The van der Waals surface area contributed by atoms with Crippen molar-refractivity contribution in [2.24, 2.45) is 5.73 Å². The predicted octanol–water partition coefficient (Wildman–Crippen LogP) is 1.52. The molecule has 0 aromatic carbocycles. The van der Waals surface area contributed by atoms with Crippen molar-refractivity contribution in [1.82, 2.24) is 4.98 Å². The minimum absolute atomic E-state index is 0.180. The molecule has 0 fully saturated rings. The monoisotopic (exact) mass is 210 g/mol. The van der Waals surface area contributed by atoms with Gasteiger partial charge in [0.15, 0.2) is 0 Å². The second kappa shape index (κ2) is 6.37. The van der Waals surface area contributed by atoms with Gasteiger partial charge in [0.25, 0.3) is 0 Å². The summed E-state index contributed by atoms with van der Waals surface area (Å²) in [6.07, 6.45) is 2.68. The minimum Gasteiger partial charge on any atom is -0.481 e. The van der Waals surface area contributed by atoms with Crippen molar-refractivity contribution in [3.63, 3.8) is 0 Å². The van der Waals surface area contributed by atoms with E-state index in [9.17, 15) is 0 Å². The second-order valence-corrected chi connectivity index (χ2v) is 3.28. The quantitative estimate of drug-likeness (QED) is 0.723. The number of ether oxygens (including phenoxy) is 2. The molecule has 1 aromatic heterocycles. The molecule has 2 N–H and O–H groups in total. The average Bonchev–Trinajstić information content (AvgIpc) is 2.29. The zero-order chi connectivity index (χ0) is 11.1. The largest absolute Gasteiger partial charge is 0.481 e. The van der Waals surface area contributed by atoms with E-state index in [1.54, 1.807) is 13.3 Å². The van der Waals surface area contributed by atoms with Gasteiger partial charge in [-0.1, -0.05) is 13.0 Å². The van der Waals surface area contributed by atoms with Crippen LogP contribution in [-0.4, -0.2) is 25.3 Å². The van der Waals surface area contributed by atoms with Gasteiger partial charge in [0, 0.05) is 18.4 Å². The molecule has 0 saturated heterocycles. The van der Waals surface area contributed by atoms with Crippen LogP contribution in [0.4, 0.5) is 0 Å². The fourth-order valence-electron chi connectivity index (χ4n) is 1.30. The van der Waals surface area contributed by atoms with Crippen molar-refractivity contribution in [1.29, 1.82) is 0 Å². The van der Waals surface area contributed by atoms with Crippen molar-refractivity contribution in [2.75, 3.05) is 20.3 Å². The van der Waals surface area contributed by atoms with E-state index >= 15 is 0 Å². The Morgan fingerprint density at radius 3 is 3.00 bits per heavy atom. The highest BCUT2D eigenvalue weighted by Gasteiger charge is 2.12. The van der Waals surface area contributed by atoms with E-state index in [0.717, 1.165) is 18.6 Å². The Morgan fingerprint density at radius 1 is 1.53 bits per heavy atom. The second-order valence-electron chi connectivity index (χ2n) is 3.28. The van der Waals surface area contributed by atoms with E-state index < -0.39 is 0 Å². The SMILES string of the molecule is CCCOCC(N)c1cccnc1OC. The molecule has 0 spiro atoms. The number of rotatable bonds is 6. The van der Waals surface area contributed by atoms with E-state index in [0.29, 0.717) is 12.5 Å². The lowest BCUT2D eigenvalue weighted by Crippen LogP contribution is -2.18. The van der Waals surface area contributed by atoms with Crippen LogP contribution >= 0.6 is 0 Å². The van der Waals surface area contributed by atoms with Crippen molar-refractivity contribution in [3.05, 3.63) is 23.9 Å². The first-order valence-electron chi connectivity index (χ1n) is 5.11. The summed E-state index contributed by atoms with van der Waals surface area (Å²) in [5, 5.41) is 0. The Kier molecular flexibility index (Phi) is 5.07. The average molecular weight is 210 g/mol. The van der Waals surface area contributed by atoms with Gasteiger partial charge in [-0.3, -0.25) is 0 Å². The van der Waals surface area contributed by atoms with E-state index in [1.807, 2.05) is 12.1 Å². The van der Waals surface area contributed by atoms with Crippen LogP contribution in [0.2, 0.25) is 0 Å². The first-order chi connectivity index (χ1) is 7.29. The Balaban J connectivity index is 2.59. The normalized spacial score (nSPS) is 12.5. The molecule has 4 heteroatoms. The summed E-state index contributed by atoms with van der Waals surface area (Å²) in [7, 11) is 1.59. The molecule has 1 unspecified atom stereocenters. The van der Waals surface area contributed by atoms with Crippen molar-refractivity contribution in [3.8, 4) is 5.88 Å².